The molecule has 0 aromatic heterocycles. The summed E-state index contributed by atoms with van der Waals surface area (Å²) in [6.45, 7) is 3.05. The van der Waals surface area contributed by atoms with Gasteiger partial charge in [0.15, 0.2) is 0 Å². The summed E-state index contributed by atoms with van der Waals surface area (Å²) >= 11 is -0.958. The molecule has 0 saturated carbocycles. The molecule has 0 aromatic rings. The molecule has 12 heavy (non-hydrogen) atoms. The van der Waals surface area contributed by atoms with Crippen LogP contribution >= 0.6 is 0 Å². The first-order valence-electron chi connectivity index (χ1n) is 4.19. The van der Waals surface area contributed by atoms with E-state index < -0.39 is 13.5 Å². The third kappa shape index (κ3) is 2.11. The van der Waals surface area contributed by atoms with E-state index in [1.165, 1.54) is 26.7 Å². The molecule has 0 aromatic carbocycles. The van der Waals surface area contributed by atoms with Crippen LogP contribution in [0.2, 0.25) is 10.6 Å². The van der Waals surface area contributed by atoms with Gasteiger partial charge in [-0.05, 0) is 0 Å². The third-order valence-corrected chi connectivity index (χ3v) is 7.66. The molecular weight excluding hydrogens is 219 g/mol. The molecule has 2 nitrogen and oxygen atoms in total. The number of Topliss-reactive ketones (excluding diaryl/α,β-unsaturated/α-hetero) is 2. The van der Waals surface area contributed by atoms with Gasteiger partial charge in [0.05, 0.1) is 0 Å². The minimum absolute atomic E-state index is 0.0226. The Hall–Kier alpha value is -0.271. The molecule has 1 fully saturated rings. The van der Waals surface area contributed by atoms with Gasteiger partial charge in [0, 0.05) is 0 Å². The maximum absolute atomic E-state index is 11.1. The van der Waals surface area contributed by atoms with Crippen LogP contribution in [0.5, 0.6) is 0 Å². The molecule has 0 N–H and O–H groups in total. The van der Waals surface area contributed by atoms with Crippen molar-refractivity contribution in [2.45, 2.75) is 37.3 Å². The summed E-state index contributed by atoms with van der Waals surface area (Å²) in [5, 5.41) is 2.29. The summed E-state index contributed by atoms with van der Waals surface area (Å²) in [7, 11) is 0. The molecule has 0 atom stereocenters. The zero-order chi connectivity index (χ0) is 9.14. The van der Waals surface area contributed by atoms with Crippen LogP contribution in [-0.4, -0.2) is 29.4 Å². The van der Waals surface area contributed by atoms with E-state index in [4.69, 9.17) is 0 Å². The number of rotatable bonds is 2. The van der Waals surface area contributed by atoms with E-state index >= 15 is 0 Å². The first kappa shape index (κ1) is 9.81. The van der Waals surface area contributed by atoms with Gasteiger partial charge >= 0.3 is 76.4 Å². The number of ketones is 2. The van der Waals surface area contributed by atoms with E-state index in [0.717, 1.165) is 10.6 Å². The number of carbonyl (C=O) groups excluding carboxylic acids is 2. The summed E-state index contributed by atoms with van der Waals surface area (Å²) in [5.74, 6) is 0.0452. The van der Waals surface area contributed by atoms with Gasteiger partial charge in [0.2, 0.25) is 0 Å². The van der Waals surface area contributed by atoms with E-state index in [1.807, 2.05) is 0 Å². The van der Waals surface area contributed by atoms with E-state index in [-0.39, 0.29) is 11.6 Å². The van der Waals surface area contributed by atoms with Gasteiger partial charge in [0.1, 0.15) is 0 Å². The van der Waals surface area contributed by atoms with Crippen molar-refractivity contribution in [1.29, 1.82) is 0 Å². The Morgan fingerprint density at radius 1 is 1.00 bits per heavy atom. The summed E-state index contributed by atoms with van der Waals surface area (Å²) in [5.41, 5.74) is 0. The predicted octanol–water partition coefficient (Wildman–Crippen LogP) is 1.21. The number of hydrogen-bond acceptors (Lipinski definition) is 2. The normalized spacial score (nSPS) is 17.8. The summed E-state index contributed by atoms with van der Waals surface area (Å²) in [4.78, 5) is 22.3. The Balaban J connectivity index is 2.97. The zero-order valence-corrected chi connectivity index (χ0v) is 9.27. The van der Waals surface area contributed by atoms with Crippen molar-refractivity contribution < 1.29 is 9.59 Å². The second-order valence-corrected chi connectivity index (χ2v) is 7.69. The van der Waals surface area contributed by atoms with Crippen LogP contribution in [0.1, 0.15) is 26.7 Å². The Labute approximate surface area is 76.8 Å². The fourth-order valence-corrected chi connectivity index (χ4v) is 6.82. The van der Waals surface area contributed by atoms with Crippen LogP contribution in [0.15, 0.2) is 0 Å². The SMILES string of the molecule is CC(=O)C(C(C)=O)=[Se]1CCCC1. The molecular formula is C9H14O2Se. The van der Waals surface area contributed by atoms with Crippen LogP contribution in [0.25, 0.3) is 0 Å². The van der Waals surface area contributed by atoms with Crippen molar-refractivity contribution in [2.24, 2.45) is 0 Å². The third-order valence-electron chi connectivity index (χ3n) is 1.96. The summed E-state index contributed by atoms with van der Waals surface area (Å²) in [6.07, 6.45) is 2.43. The summed E-state index contributed by atoms with van der Waals surface area (Å²) < 4.78 is 0.674. The predicted molar refractivity (Wildman–Crippen MR) is 51.0 cm³/mol. The quantitative estimate of drug-likeness (QED) is 0.530. The van der Waals surface area contributed by atoms with Crippen LogP contribution in [-0.2, 0) is 9.59 Å². The number of carbonyl (C=O) groups is 2. The Morgan fingerprint density at radius 2 is 1.42 bits per heavy atom. The molecule has 1 rings (SSSR count). The molecule has 0 radical (unpaired) electrons. The molecule has 0 bridgehead atoms. The molecule has 3 heteroatoms. The average Bonchev–Trinajstić information content (AvgIpc) is 2.37. The molecule has 0 amide bonds. The van der Waals surface area contributed by atoms with Crippen LogP contribution in [0.4, 0.5) is 0 Å². The molecule has 0 aliphatic carbocycles. The molecule has 0 spiro atoms. The van der Waals surface area contributed by atoms with Crippen molar-refractivity contribution in [3.63, 3.8) is 0 Å². The zero-order valence-electron chi connectivity index (χ0n) is 7.55. The second kappa shape index (κ2) is 4.11. The first-order chi connectivity index (χ1) is 5.63. The first-order valence-corrected chi connectivity index (χ1v) is 7.47. The van der Waals surface area contributed by atoms with E-state index in [1.54, 1.807) is 0 Å². The van der Waals surface area contributed by atoms with Crippen LogP contribution in [0, 0.1) is 0 Å². The van der Waals surface area contributed by atoms with Gasteiger partial charge in [0.25, 0.3) is 0 Å². The Morgan fingerprint density at radius 3 is 1.75 bits per heavy atom. The van der Waals surface area contributed by atoms with Crippen molar-refractivity contribution in [1.82, 2.24) is 0 Å². The van der Waals surface area contributed by atoms with Gasteiger partial charge < -0.3 is 0 Å². The van der Waals surface area contributed by atoms with Crippen molar-refractivity contribution in [3.05, 3.63) is 0 Å². The minimum atomic E-state index is -0.958. The molecule has 1 aliphatic heterocycles. The van der Waals surface area contributed by atoms with Crippen molar-refractivity contribution in [2.75, 3.05) is 0 Å². The van der Waals surface area contributed by atoms with Gasteiger partial charge in [-0.1, -0.05) is 0 Å². The molecule has 1 heterocycles. The van der Waals surface area contributed by atoms with Gasteiger partial charge in [-0.2, -0.15) is 0 Å². The second-order valence-electron chi connectivity index (χ2n) is 3.05. The van der Waals surface area contributed by atoms with Crippen molar-refractivity contribution >= 4 is 29.4 Å². The fraction of sp³-hybridized carbons (Fsp3) is 0.667. The Bertz CT molecular complexity index is 229. The standard InChI is InChI=1S/C9H14O2Se/c1-7(10)9(8(2)11)12-5-3-4-6-12/h3-6H2,1-2H3. The topological polar surface area (TPSA) is 34.1 Å². The van der Waals surface area contributed by atoms with Gasteiger partial charge in [-0.3, -0.25) is 0 Å². The average molecular weight is 233 g/mol. The maximum atomic E-state index is 11.1. The molecule has 1 aliphatic rings. The monoisotopic (exact) mass is 234 g/mol. The Kier molecular flexibility index (Phi) is 3.36. The molecule has 0 unspecified atom stereocenters. The molecule has 68 valence electrons. The van der Waals surface area contributed by atoms with E-state index in [2.05, 4.69) is 0 Å². The van der Waals surface area contributed by atoms with Gasteiger partial charge in [-0.15, -0.1) is 0 Å². The van der Waals surface area contributed by atoms with Crippen LogP contribution in [0.3, 0.4) is 0 Å². The summed E-state index contributed by atoms with van der Waals surface area (Å²) in [6, 6.07) is 0. The van der Waals surface area contributed by atoms with E-state index in [9.17, 15) is 9.59 Å². The van der Waals surface area contributed by atoms with Crippen LogP contribution < -0.4 is 0 Å². The van der Waals surface area contributed by atoms with E-state index in [0.29, 0.717) is 4.42 Å². The fourth-order valence-electron chi connectivity index (χ4n) is 1.51. The number of hydrogen-bond donors (Lipinski definition) is 0. The van der Waals surface area contributed by atoms with Gasteiger partial charge in [-0.25, -0.2) is 0 Å². The van der Waals surface area contributed by atoms with Crippen molar-refractivity contribution in [3.8, 4) is 0 Å². The molecule has 1 saturated heterocycles.